The van der Waals surface area contributed by atoms with Gasteiger partial charge in [-0.25, -0.2) is 5.32 Å². The van der Waals surface area contributed by atoms with Crippen LogP contribution in [0.4, 0.5) is 10.8 Å². The van der Waals surface area contributed by atoms with Crippen LogP contribution < -0.4 is 14.7 Å². The Hall–Kier alpha value is -3.12. The average Bonchev–Trinajstić information content (AvgIpc) is 3.24. The molecule has 0 bridgehead atoms. The van der Waals surface area contributed by atoms with Gasteiger partial charge in [0.15, 0.2) is 5.01 Å². The molecule has 0 aliphatic carbocycles. The van der Waals surface area contributed by atoms with Crippen molar-refractivity contribution < 1.29 is 9.42 Å². The Morgan fingerprint density at radius 2 is 1.74 bits per heavy atom. The highest BCUT2D eigenvalue weighted by atomic mass is 35.5. The van der Waals surface area contributed by atoms with E-state index in [2.05, 4.69) is 47.8 Å². The predicted octanol–water partition coefficient (Wildman–Crippen LogP) is 7.75. The van der Waals surface area contributed by atoms with Crippen LogP contribution in [-0.2, 0) is 6.54 Å². The quantitative estimate of drug-likeness (QED) is 0.229. The highest BCUT2D eigenvalue weighted by Gasteiger charge is 2.21. The third-order valence-electron chi connectivity index (χ3n) is 5.35. The van der Waals surface area contributed by atoms with Crippen molar-refractivity contribution >= 4 is 56.1 Å². The number of benzene rings is 4. The first-order valence-electron chi connectivity index (χ1n) is 10.9. The van der Waals surface area contributed by atoms with Crippen molar-refractivity contribution in [2.24, 2.45) is 0 Å². The number of rotatable bonds is 7. The number of aromatic nitrogens is 2. The van der Waals surface area contributed by atoms with Crippen LogP contribution in [0.5, 0.6) is 5.75 Å². The van der Waals surface area contributed by atoms with Gasteiger partial charge in [-0.05, 0) is 64.9 Å². The van der Waals surface area contributed by atoms with E-state index in [0.717, 1.165) is 27.1 Å². The van der Waals surface area contributed by atoms with Gasteiger partial charge in [0.25, 0.3) is 0 Å². The summed E-state index contributed by atoms with van der Waals surface area (Å²) in [7, 11) is 0. The summed E-state index contributed by atoms with van der Waals surface area (Å²) >= 11 is 13.9. The van der Waals surface area contributed by atoms with Gasteiger partial charge in [-0.3, -0.25) is 0 Å². The lowest BCUT2D eigenvalue weighted by molar-refractivity contribution is -0.727. The second-order valence-corrected chi connectivity index (χ2v) is 9.56. The molecule has 1 heterocycles. The Balaban J connectivity index is 1.53. The molecule has 0 aliphatic heterocycles. The smallest absolute Gasteiger partial charge is 0.362 e. The van der Waals surface area contributed by atoms with Crippen molar-refractivity contribution in [3.8, 4) is 16.3 Å². The van der Waals surface area contributed by atoms with Crippen molar-refractivity contribution in [2.75, 3.05) is 11.9 Å². The molecule has 0 radical (unpaired) electrons. The summed E-state index contributed by atoms with van der Waals surface area (Å²) in [4.78, 5) is 0. The van der Waals surface area contributed by atoms with Crippen molar-refractivity contribution in [1.29, 1.82) is 0 Å². The number of nitrogens with zero attached hydrogens (tertiary/aromatic N) is 2. The molecular formula is C27H22Cl2N3OS+. The summed E-state index contributed by atoms with van der Waals surface area (Å²) in [5.74, 6) is 0.829. The van der Waals surface area contributed by atoms with E-state index in [1.54, 1.807) is 17.4 Å². The fourth-order valence-corrected chi connectivity index (χ4v) is 4.97. The topological polar surface area (TPSA) is 38.0 Å². The fraction of sp³-hybridized carbons (Fsp3) is 0.111. The monoisotopic (exact) mass is 506 g/mol. The van der Waals surface area contributed by atoms with Gasteiger partial charge in [0.2, 0.25) is 0 Å². The Kier molecular flexibility index (Phi) is 6.68. The number of fused-ring (bicyclic) bond motifs is 1. The van der Waals surface area contributed by atoms with Gasteiger partial charge in [-0.2, -0.15) is 0 Å². The molecule has 0 saturated heterocycles. The number of halogens is 2. The highest BCUT2D eigenvalue weighted by molar-refractivity contribution is 7.18. The second kappa shape index (κ2) is 10.0. The predicted molar refractivity (Wildman–Crippen MR) is 142 cm³/mol. The summed E-state index contributed by atoms with van der Waals surface area (Å²) in [6.45, 7) is 3.22. The molecule has 5 rings (SSSR count). The normalized spacial score (nSPS) is 11.0. The molecule has 5 aromatic rings. The molecular weight excluding hydrogens is 485 g/mol. The molecule has 7 heteroatoms. The van der Waals surface area contributed by atoms with Crippen LogP contribution in [0.15, 0.2) is 84.9 Å². The number of hydrogen-bond acceptors (Lipinski definition) is 4. The Morgan fingerprint density at radius 1 is 0.882 bits per heavy atom. The first kappa shape index (κ1) is 22.7. The Morgan fingerprint density at radius 3 is 2.56 bits per heavy atom. The molecule has 0 spiro atoms. The number of ether oxygens (including phenoxy) is 1. The number of hydrogen-bond donors (Lipinski definition) is 1. The van der Waals surface area contributed by atoms with E-state index in [9.17, 15) is 0 Å². The lowest BCUT2D eigenvalue weighted by atomic mass is 10.1. The van der Waals surface area contributed by atoms with Crippen LogP contribution in [0, 0.1) is 0 Å². The van der Waals surface area contributed by atoms with Crippen LogP contribution in [0.2, 0.25) is 10.0 Å². The van der Waals surface area contributed by atoms with Crippen LogP contribution in [-0.4, -0.2) is 11.7 Å². The molecule has 0 aliphatic rings. The maximum atomic E-state index is 6.25. The fourth-order valence-electron chi connectivity index (χ4n) is 3.73. The largest absolute Gasteiger partial charge is 0.494 e. The number of nitrogens with one attached hydrogen (secondary N) is 1. The minimum Gasteiger partial charge on any atom is -0.494 e. The van der Waals surface area contributed by atoms with Gasteiger partial charge in [0.05, 0.1) is 16.7 Å². The van der Waals surface area contributed by atoms with Gasteiger partial charge in [-0.1, -0.05) is 76.8 Å². The van der Waals surface area contributed by atoms with E-state index in [-0.39, 0.29) is 0 Å². The molecule has 0 atom stereocenters. The summed E-state index contributed by atoms with van der Waals surface area (Å²) in [6.07, 6.45) is 0. The molecule has 1 aromatic heterocycles. The lowest BCUT2D eigenvalue weighted by Crippen LogP contribution is -2.38. The van der Waals surface area contributed by atoms with Gasteiger partial charge in [-0.15, -0.1) is 4.68 Å². The van der Waals surface area contributed by atoms with Crippen LogP contribution in [0.3, 0.4) is 0 Å². The minimum atomic E-state index is 0.502. The first-order chi connectivity index (χ1) is 16.6. The van der Waals surface area contributed by atoms with Gasteiger partial charge in [0.1, 0.15) is 18.0 Å². The lowest BCUT2D eigenvalue weighted by Gasteiger charge is -2.04. The van der Waals surface area contributed by atoms with E-state index >= 15 is 0 Å². The van der Waals surface area contributed by atoms with E-state index < -0.39 is 0 Å². The molecule has 0 unspecified atom stereocenters. The van der Waals surface area contributed by atoms with Crippen LogP contribution >= 0.6 is 34.5 Å². The Bertz CT molecular complexity index is 1470. The van der Waals surface area contributed by atoms with Gasteiger partial charge < -0.3 is 4.74 Å². The van der Waals surface area contributed by atoms with Crippen molar-refractivity contribution in [1.82, 2.24) is 5.10 Å². The zero-order valence-electron chi connectivity index (χ0n) is 18.5. The van der Waals surface area contributed by atoms with Crippen molar-refractivity contribution in [2.45, 2.75) is 13.5 Å². The Labute approximate surface area is 212 Å². The zero-order valence-corrected chi connectivity index (χ0v) is 20.8. The third kappa shape index (κ3) is 5.02. The standard InChI is InChI=1S/C27H21Cl2N3OS/c1-2-33-23-9-5-8-21(15-23)26-31-32(17-18-10-11-19-6-3-4-7-20(19)14-18)27(34-26)30-22-12-13-24(28)25(29)16-22/h3-16H,2,17H2,1H3/p+1. The molecule has 1 N–H and O–H groups in total. The molecule has 0 amide bonds. The van der Waals surface area contributed by atoms with Gasteiger partial charge >= 0.3 is 5.13 Å². The third-order valence-corrected chi connectivity index (χ3v) is 7.10. The summed E-state index contributed by atoms with van der Waals surface area (Å²) < 4.78 is 7.67. The summed E-state index contributed by atoms with van der Waals surface area (Å²) in [5, 5.41) is 13.7. The maximum absolute atomic E-state index is 6.25. The van der Waals surface area contributed by atoms with E-state index in [0.29, 0.717) is 23.2 Å². The minimum absolute atomic E-state index is 0.502. The average molecular weight is 507 g/mol. The molecule has 4 aromatic carbocycles. The van der Waals surface area contributed by atoms with E-state index in [1.807, 2.05) is 48.0 Å². The van der Waals surface area contributed by atoms with Crippen molar-refractivity contribution in [3.05, 3.63) is 101 Å². The number of anilines is 2. The molecule has 4 nitrogen and oxygen atoms in total. The van der Waals surface area contributed by atoms with Gasteiger partial charge in [0, 0.05) is 11.6 Å². The van der Waals surface area contributed by atoms with Crippen molar-refractivity contribution in [3.63, 3.8) is 0 Å². The van der Waals surface area contributed by atoms with Crippen LogP contribution in [0.25, 0.3) is 21.3 Å². The molecule has 170 valence electrons. The van der Waals surface area contributed by atoms with E-state index in [1.165, 1.54) is 16.3 Å². The molecule has 0 saturated carbocycles. The summed E-state index contributed by atoms with van der Waals surface area (Å²) in [6, 6.07) is 28.4. The first-order valence-corrected chi connectivity index (χ1v) is 12.5. The highest BCUT2D eigenvalue weighted by Crippen LogP contribution is 2.32. The second-order valence-electron chi connectivity index (χ2n) is 7.77. The van der Waals surface area contributed by atoms with E-state index in [4.69, 9.17) is 33.0 Å². The molecule has 0 fully saturated rings. The molecule has 34 heavy (non-hydrogen) atoms. The summed E-state index contributed by atoms with van der Waals surface area (Å²) in [5.41, 5.74) is 3.02. The maximum Gasteiger partial charge on any atom is 0.362 e. The zero-order chi connectivity index (χ0) is 23.5. The van der Waals surface area contributed by atoms with Crippen LogP contribution in [0.1, 0.15) is 12.5 Å². The SMILES string of the molecule is CCOc1cccc(-c2n[n+](Cc3ccc4ccccc4c3)c(Nc3ccc(Cl)c(Cl)c3)s2)c1.